The van der Waals surface area contributed by atoms with Crippen molar-refractivity contribution >= 4 is 23.3 Å². The highest BCUT2D eigenvalue weighted by Gasteiger charge is 2.35. The Kier molecular flexibility index (Phi) is 7.21. The van der Waals surface area contributed by atoms with Gasteiger partial charge in [0.05, 0.1) is 6.10 Å². The van der Waals surface area contributed by atoms with Crippen LogP contribution in [0.25, 0.3) is 0 Å². The number of carbonyl (C=O) groups is 2. The van der Waals surface area contributed by atoms with Crippen LogP contribution in [0.3, 0.4) is 0 Å². The van der Waals surface area contributed by atoms with E-state index in [1.165, 1.54) is 0 Å². The second kappa shape index (κ2) is 8.95. The minimum Gasteiger partial charge on any atom is -0.760 e. The van der Waals surface area contributed by atoms with Gasteiger partial charge in [0.2, 0.25) is 5.91 Å². The van der Waals surface area contributed by atoms with Gasteiger partial charge in [0.1, 0.15) is 0 Å². The van der Waals surface area contributed by atoms with E-state index in [0.29, 0.717) is 45.3 Å². The van der Waals surface area contributed by atoms with E-state index in [1.54, 1.807) is 4.90 Å². The molecule has 1 saturated carbocycles. The minimum atomic E-state index is -2.25. The number of ether oxygens (including phenoxy) is 1. The number of nitrogens with zero attached hydrogens (tertiary/aromatic N) is 2. The SMILES string of the molecule is CC(C)OC(=O)N1CCN(C(=O)C2CCC(NS(=O)[O-])CC2)[C@H](C)C1. The quantitative estimate of drug-likeness (QED) is 0.740. The number of carbonyl (C=O) groups excluding carboxylic acids is 2. The first-order valence-electron chi connectivity index (χ1n) is 8.89. The van der Waals surface area contributed by atoms with Crippen molar-refractivity contribution in [3.05, 3.63) is 0 Å². The zero-order valence-corrected chi connectivity index (χ0v) is 15.9. The van der Waals surface area contributed by atoms with Gasteiger partial charge in [-0.05, 0) is 46.5 Å². The van der Waals surface area contributed by atoms with Gasteiger partial charge in [-0.25, -0.2) is 9.52 Å². The number of amides is 2. The Morgan fingerprint density at radius 1 is 1.20 bits per heavy atom. The molecule has 2 aliphatic rings. The number of hydrogen-bond acceptors (Lipinski definition) is 5. The largest absolute Gasteiger partial charge is 0.760 e. The molecule has 2 rings (SSSR count). The molecule has 25 heavy (non-hydrogen) atoms. The van der Waals surface area contributed by atoms with Crippen LogP contribution in [0.15, 0.2) is 0 Å². The maximum Gasteiger partial charge on any atom is 0.410 e. The van der Waals surface area contributed by atoms with Gasteiger partial charge in [-0.2, -0.15) is 0 Å². The first-order chi connectivity index (χ1) is 11.8. The first kappa shape index (κ1) is 20.1. The van der Waals surface area contributed by atoms with Crippen LogP contribution in [0.2, 0.25) is 0 Å². The maximum atomic E-state index is 12.8. The highest BCUT2D eigenvalue weighted by atomic mass is 32.2. The van der Waals surface area contributed by atoms with Crippen molar-refractivity contribution in [1.29, 1.82) is 0 Å². The Morgan fingerprint density at radius 3 is 2.36 bits per heavy atom. The summed E-state index contributed by atoms with van der Waals surface area (Å²) in [5.41, 5.74) is 0. The summed E-state index contributed by atoms with van der Waals surface area (Å²) < 4.78 is 29.1. The molecule has 1 saturated heterocycles. The average Bonchev–Trinajstić information content (AvgIpc) is 2.53. The third kappa shape index (κ3) is 5.65. The van der Waals surface area contributed by atoms with Gasteiger partial charge in [-0.15, -0.1) is 0 Å². The molecule has 0 aromatic carbocycles. The molecule has 0 aromatic heterocycles. The second-order valence-electron chi connectivity index (χ2n) is 7.16. The Bertz CT molecular complexity index is 508. The van der Waals surface area contributed by atoms with Crippen molar-refractivity contribution in [3.8, 4) is 0 Å². The fourth-order valence-corrected chi connectivity index (χ4v) is 4.06. The summed E-state index contributed by atoms with van der Waals surface area (Å²) in [4.78, 5) is 28.3. The zero-order valence-electron chi connectivity index (χ0n) is 15.1. The summed E-state index contributed by atoms with van der Waals surface area (Å²) in [6.07, 6.45) is 2.26. The van der Waals surface area contributed by atoms with Crippen LogP contribution in [-0.4, -0.2) is 68.4 Å². The lowest BCUT2D eigenvalue weighted by Gasteiger charge is -2.42. The molecule has 0 aromatic rings. The van der Waals surface area contributed by atoms with Gasteiger partial charge in [0.25, 0.3) is 0 Å². The van der Waals surface area contributed by atoms with E-state index >= 15 is 0 Å². The highest BCUT2D eigenvalue weighted by molar-refractivity contribution is 7.77. The van der Waals surface area contributed by atoms with Gasteiger partial charge < -0.3 is 19.1 Å². The predicted octanol–water partition coefficient (Wildman–Crippen LogP) is 1.01. The molecule has 9 heteroatoms. The lowest BCUT2D eigenvalue weighted by Crippen LogP contribution is -2.57. The number of nitrogens with one attached hydrogen (secondary N) is 1. The summed E-state index contributed by atoms with van der Waals surface area (Å²) in [7, 11) is 0. The molecule has 2 fully saturated rings. The molecule has 1 aliphatic heterocycles. The molecule has 2 atom stereocenters. The molecule has 2 amide bonds. The lowest BCUT2D eigenvalue weighted by molar-refractivity contribution is -0.141. The smallest absolute Gasteiger partial charge is 0.410 e. The van der Waals surface area contributed by atoms with Crippen molar-refractivity contribution < 1.29 is 23.1 Å². The Balaban J connectivity index is 1.83. The molecule has 0 spiro atoms. The van der Waals surface area contributed by atoms with E-state index < -0.39 is 11.3 Å². The Labute approximate surface area is 151 Å². The van der Waals surface area contributed by atoms with Crippen LogP contribution in [0, 0.1) is 5.92 Å². The molecular formula is C16H28N3O5S-. The summed E-state index contributed by atoms with van der Waals surface area (Å²) >= 11 is -2.25. The Hall–Kier alpha value is -1.19. The number of rotatable bonds is 4. The third-order valence-electron chi connectivity index (χ3n) is 4.84. The van der Waals surface area contributed by atoms with Crippen LogP contribution in [0.4, 0.5) is 4.79 Å². The standard InChI is InChI=1S/C16H29N3O5S/c1-11(2)24-16(21)18-8-9-19(12(3)10-18)15(20)13-4-6-14(7-5-13)17-25(22)23/h11-14,17H,4-10H2,1-3H3,(H,22,23)/p-1/t12-,13?,14?/m1/s1. The first-order valence-corrected chi connectivity index (χ1v) is 9.97. The molecular weight excluding hydrogens is 346 g/mol. The van der Waals surface area contributed by atoms with Crippen LogP contribution in [0.5, 0.6) is 0 Å². The van der Waals surface area contributed by atoms with Gasteiger partial charge >= 0.3 is 6.09 Å². The van der Waals surface area contributed by atoms with Gasteiger partial charge in [0, 0.05) is 48.9 Å². The molecule has 1 unspecified atom stereocenters. The van der Waals surface area contributed by atoms with Crippen LogP contribution >= 0.6 is 0 Å². The van der Waals surface area contributed by atoms with Crippen molar-refractivity contribution in [3.63, 3.8) is 0 Å². The second-order valence-corrected chi connectivity index (χ2v) is 7.87. The third-order valence-corrected chi connectivity index (χ3v) is 5.37. The van der Waals surface area contributed by atoms with Gasteiger partial charge in [0.15, 0.2) is 0 Å². The van der Waals surface area contributed by atoms with Crippen molar-refractivity contribution in [2.24, 2.45) is 5.92 Å². The minimum absolute atomic E-state index is 0.0500. The molecule has 0 radical (unpaired) electrons. The average molecular weight is 374 g/mol. The van der Waals surface area contributed by atoms with E-state index in [9.17, 15) is 18.4 Å². The topological polar surface area (TPSA) is 102 Å². The fourth-order valence-electron chi connectivity index (χ4n) is 3.56. The fraction of sp³-hybridized carbons (Fsp3) is 0.875. The van der Waals surface area contributed by atoms with Crippen LogP contribution in [-0.2, 0) is 20.8 Å². The van der Waals surface area contributed by atoms with Crippen molar-refractivity contribution in [1.82, 2.24) is 14.5 Å². The molecule has 8 nitrogen and oxygen atoms in total. The van der Waals surface area contributed by atoms with Gasteiger partial charge in [-0.1, -0.05) is 0 Å². The van der Waals surface area contributed by atoms with Gasteiger partial charge in [-0.3, -0.25) is 9.00 Å². The van der Waals surface area contributed by atoms with Crippen LogP contribution < -0.4 is 4.72 Å². The molecule has 1 heterocycles. The summed E-state index contributed by atoms with van der Waals surface area (Å²) in [5.74, 6) is 0.0563. The Morgan fingerprint density at radius 2 is 1.84 bits per heavy atom. The highest BCUT2D eigenvalue weighted by Crippen LogP contribution is 2.27. The maximum absolute atomic E-state index is 12.8. The van der Waals surface area contributed by atoms with E-state index in [1.807, 2.05) is 25.7 Å². The summed E-state index contributed by atoms with van der Waals surface area (Å²) in [5, 5.41) is 0. The van der Waals surface area contributed by atoms with Crippen LogP contribution in [0.1, 0.15) is 46.5 Å². The number of hydrogen-bond donors (Lipinski definition) is 1. The predicted molar refractivity (Wildman–Crippen MR) is 92.2 cm³/mol. The van der Waals surface area contributed by atoms with E-state index in [4.69, 9.17) is 4.74 Å². The number of piperazine rings is 1. The molecule has 0 bridgehead atoms. The summed E-state index contributed by atoms with van der Waals surface area (Å²) in [6.45, 7) is 7.04. The van der Waals surface area contributed by atoms with E-state index in [-0.39, 0.29) is 36.1 Å². The van der Waals surface area contributed by atoms with Crippen molar-refractivity contribution in [2.45, 2.75) is 64.6 Å². The lowest BCUT2D eigenvalue weighted by atomic mass is 9.85. The van der Waals surface area contributed by atoms with E-state index in [2.05, 4.69) is 4.72 Å². The monoisotopic (exact) mass is 374 g/mol. The normalized spacial score (nSPS) is 28.8. The van der Waals surface area contributed by atoms with Crippen molar-refractivity contribution in [2.75, 3.05) is 19.6 Å². The summed E-state index contributed by atoms with van der Waals surface area (Å²) in [6, 6.07) is -0.117. The zero-order chi connectivity index (χ0) is 18.6. The van der Waals surface area contributed by atoms with E-state index in [0.717, 1.165) is 0 Å². The molecule has 1 N–H and O–H groups in total. The molecule has 1 aliphatic carbocycles. The molecule has 144 valence electrons.